The Balaban J connectivity index is 1.81. The number of benzene rings is 2. The van der Waals surface area contributed by atoms with Crippen molar-refractivity contribution in [2.45, 2.75) is 26.0 Å². The first-order valence-corrected chi connectivity index (χ1v) is 10.5. The number of hydrogen-bond acceptors (Lipinski definition) is 5. The van der Waals surface area contributed by atoms with Crippen LogP contribution < -0.4 is 16.4 Å². The number of nitrogens with one attached hydrogen (secondary N) is 2. The highest BCUT2D eigenvalue weighted by Crippen LogP contribution is 2.32. The first-order valence-electron chi connectivity index (χ1n) is 9.76. The summed E-state index contributed by atoms with van der Waals surface area (Å²) >= 11 is 12.3. The van der Waals surface area contributed by atoms with Crippen LogP contribution in [0.15, 0.2) is 54.7 Å². The summed E-state index contributed by atoms with van der Waals surface area (Å²) < 4.78 is 0. The fraction of sp³-hybridized carbons (Fsp3) is 0.174. The number of pyridine rings is 1. The summed E-state index contributed by atoms with van der Waals surface area (Å²) in [4.78, 5) is 28.9. The van der Waals surface area contributed by atoms with Gasteiger partial charge in [-0.3, -0.25) is 9.59 Å². The molecule has 7 nitrogen and oxygen atoms in total. The van der Waals surface area contributed by atoms with Crippen LogP contribution in [0.4, 0.5) is 11.5 Å². The number of carbonyl (C=O) groups is 2. The molecule has 9 heteroatoms. The number of rotatable bonds is 6. The molecule has 0 saturated carbocycles. The maximum absolute atomic E-state index is 12.4. The van der Waals surface area contributed by atoms with Crippen LogP contribution in [-0.2, 0) is 4.79 Å². The molecule has 3 aromatic rings. The van der Waals surface area contributed by atoms with E-state index in [1.807, 2.05) is 13.8 Å². The van der Waals surface area contributed by atoms with Gasteiger partial charge in [0.2, 0.25) is 0 Å². The van der Waals surface area contributed by atoms with E-state index in [1.165, 1.54) is 12.3 Å². The molecule has 2 amide bonds. The molecular weight excluding hydrogens is 451 g/mol. The van der Waals surface area contributed by atoms with E-state index in [0.717, 1.165) is 0 Å². The second kappa shape index (κ2) is 9.99. The lowest BCUT2D eigenvalue weighted by Gasteiger charge is -2.14. The van der Waals surface area contributed by atoms with Gasteiger partial charge < -0.3 is 21.5 Å². The van der Waals surface area contributed by atoms with Gasteiger partial charge in [0.05, 0.1) is 10.6 Å². The van der Waals surface area contributed by atoms with Crippen LogP contribution in [0.2, 0.25) is 10.0 Å². The molecule has 5 N–H and O–H groups in total. The number of aliphatic hydroxyl groups is 1. The number of nitrogens with zero attached hydrogens (tertiary/aromatic N) is 1. The van der Waals surface area contributed by atoms with Crippen molar-refractivity contribution in [1.82, 2.24) is 10.3 Å². The predicted octanol–water partition coefficient (Wildman–Crippen LogP) is 4.45. The zero-order valence-electron chi connectivity index (χ0n) is 17.4. The van der Waals surface area contributed by atoms with Gasteiger partial charge in [-0.25, -0.2) is 4.98 Å². The van der Waals surface area contributed by atoms with Crippen LogP contribution >= 0.6 is 23.2 Å². The monoisotopic (exact) mass is 472 g/mol. The first kappa shape index (κ1) is 23.5. The quantitative estimate of drug-likeness (QED) is 0.422. The largest absolute Gasteiger partial charge is 0.383 e. The normalized spacial score (nSPS) is 11.8. The van der Waals surface area contributed by atoms with E-state index < -0.39 is 12.0 Å². The van der Waals surface area contributed by atoms with Crippen molar-refractivity contribution in [3.8, 4) is 11.1 Å². The van der Waals surface area contributed by atoms with Crippen molar-refractivity contribution in [1.29, 1.82) is 0 Å². The van der Waals surface area contributed by atoms with Crippen LogP contribution in [0.3, 0.4) is 0 Å². The molecule has 166 valence electrons. The van der Waals surface area contributed by atoms with E-state index in [9.17, 15) is 14.7 Å². The predicted molar refractivity (Wildman–Crippen MR) is 127 cm³/mol. The number of carbonyl (C=O) groups excluding carboxylic acids is 2. The van der Waals surface area contributed by atoms with E-state index in [2.05, 4.69) is 15.6 Å². The Hall–Kier alpha value is -3.13. The summed E-state index contributed by atoms with van der Waals surface area (Å²) in [6.07, 6.45) is 0.125. The van der Waals surface area contributed by atoms with Crippen molar-refractivity contribution in [3.05, 3.63) is 75.9 Å². The van der Waals surface area contributed by atoms with Gasteiger partial charge in [0.25, 0.3) is 11.8 Å². The zero-order chi connectivity index (χ0) is 23.4. The van der Waals surface area contributed by atoms with E-state index in [1.54, 1.807) is 42.5 Å². The van der Waals surface area contributed by atoms with Crippen molar-refractivity contribution in [2.24, 2.45) is 0 Å². The summed E-state index contributed by atoms with van der Waals surface area (Å²) in [5.74, 6) is -0.846. The minimum Gasteiger partial charge on any atom is -0.383 e. The van der Waals surface area contributed by atoms with Gasteiger partial charge in [-0.15, -0.1) is 0 Å². The highest BCUT2D eigenvalue weighted by Gasteiger charge is 2.19. The van der Waals surface area contributed by atoms with E-state index in [0.29, 0.717) is 32.4 Å². The molecule has 32 heavy (non-hydrogen) atoms. The van der Waals surface area contributed by atoms with Crippen LogP contribution in [0.5, 0.6) is 0 Å². The van der Waals surface area contributed by atoms with Crippen molar-refractivity contribution >= 4 is 46.5 Å². The fourth-order valence-corrected chi connectivity index (χ4v) is 3.50. The Morgan fingerprint density at radius 1 is 1.09 bits per heavy atom. The van der Waals surface area contributed by atoms with E-state index in [4.69, 9.17) is 28.9 Å². The molecule has 0 radical (unpaired) electrons. The molecule has 0 aliphatic heterocycles. The molecule has 3 rings (SSSR count). The average molecular weight is 473 g/mol. The molecule has 1 unspecified atom stereocenters. The highest BCUT2D eigenvalue weighted by atomic mass is 35.5. The van der Waals surface area contributed by atoms with Gasteiger partial charge in [0, 0.05) is 34.1 Å². The molecule has 0 aliphatic carbocycles. The molecule has 1 atom stereocenters. The number of nitrogen functional groups attached to an aromatic ring is 1. The number of hydrogen-bond donors (Lipinski definition) is 4. The van der Waals surface area contributed by atoms with Crippen LogP contribution in [-0.4, -0.2) is 27.9 Å². The number of aliphatic hydroxyl groups excluding tert-OH is 1. The standard InChI is InChI=1S/C23H22Cl2N4O3/c1-12(2)28-22(31)18-9-14(11-27-21(18)26)17-7-6-16(10-19(17)25)29-23(32)20(30)13-4-3-5-15(24)8-13/h3-12,20,30H,1-2H3,(H2,26,27)(H,28,31)(H,29,32). The van der Waals surface area contributed by atoms with Crippen molar-refractivity contribution in [3.63, 3.8) is 0 Å². The van der Waals surface area contributed by atoms with Gasteiger partial charge in [-0.2, -0.15) is 0 Å². The Labute approximate surface area is 195 Å². The second-order valence-corrected chi connectivity index (χ2v) is 8.27. The minimum atomic E-state index is -1.39. The number of amides is 2. The Bertz CT molecular complexity index is 1170. The molecule has 1 heterocycles. The molecule has 1 aromatic heterocycles. The summed E-state index contributed by atoms with van der Waals surface area (Å²) in [6.45, 7) is 3.69. The van der Waals surface area contributed by atoms with Crippen LogP contribution in [0.1, 0.15) is 35.9 Å². The third-order valence-corrected chi connectivity index (χ3v) is 5.09. The lowest BCUT2D eigenvalue weighted by atomic mass is 10.0. The lowest BCUT2D eigenvalue weighted by molar-refractivity contribution is -0.124. The summed E-state index contributed by atoms with van der Waals surface area (Å²) in [5.41, 5.74) is 8.07. The Morgan fingerprint density at radius 2 is 1.84 bits per heavy atom. The number of anilines is 2. The Kier molecular flexibility index (Phi) is 7.35. The van der Waals surface area contributed by atoms with E-state index >= 15 is 0 Å². The maximum Gasteiger partial charge on any atom is 0.257 e. The zero-order valence-corrected chi connectivity index (χ0v) is 18.9. The minimum absolute atomic E-state index is 0.0562. The molecule has 0 bridgehead atoms. The van der Waals surface area contributed by atoms with Gasteiger partial charge in [-0.1, -0.05) is 41.4 Å². The van der Waals surface area contributed by atoms with Crippen LogP contribution in [0.25, 0.3) is 11.1 Å². The third kappa shape index (κ3) is 5.56. The Morgan fingerprint density at radius 3 is 2.50 bits per heavy atom. The number of nitrogens with two attached hydrogens (primary N) is 1. The summed E-state index contributed by atoms with van der Waals surface area (Å²) in [6, 6.07) is 12.8. The van der Waals surface area contributed by atoms with Gasteiger partial charge in [0.1, 0.15) is 5.82 Å². The maximum atomic E-state index is 12.4. The summed E-state index contributed by atoms with van der Waals surface area (Å²) in [5, 5.41) is 16.4. The SMILES string of the molecule is CC(C)NC(=O)c1cc(-c2ccc(NC(=O)C(O)c3cccc(Cl)c3)cc2Cl)cnc1N. The van der Waals surface area contributed by atoms with Crippen molar-refractivity contribution < 1.29 is 14.7 Å². The number of halogens is 2. The smallest absolute Gasteiger partial charge is 0.257 e. The van der Waals surface area contributed by atoms with Gasteiger partial charge >= 0.3 is 0 Å². The molecule has 0 aliphatic rings. The van der Waals surface area contributed by atoms with Gasteiger partial charge in [0.15, 0.2) is 6.10 Å². The highest BCUT2D eigenvalue weighted by molar-refractivity contribution is 6.33. The molecular formula is C23H22Cl2N4O3. The third-order valence-electron chi connectivity index (χ3n) is 4.54. The first-order chi connectivity index (χ1) is 15.2. The van der Waals surface area contributed by atoms with Crippen LogP contribution in [0, 0.1) is 0 Å². The molecule has 0 saturated heterocycles. The van der Waals surface area contributed by atoms with Crippen molar-refractivity contribution in [2.75, 3.05) is 11.1 Å². The molecule has 0 spiro atoms. The summed E-state index contributed by atoms with van der Waals surface area (Å²) in [7, 11) is 0. The van der Waals surface area contributed by atoms with Gasteiger partial charge in [-0.05, 0) is 49.7 Å². The molecule has 0 fully saturated rings. The second-order valence-electron chi connectivity index (χ2n) is 7.43. The van der Waals surface area contributed by atoms with E-state index in [-0.39, 0.29) is 23.3 Å². The fourth-order valence-electron chi connectivity index (χ4n) is 3.01. The molecule has 2 aromatic carbocycles. The lowest BCUT2D eigenvalue weighted by Crippen LogP contribution is -2.30. The average Bonchev–Trinajstić information content (AvgIpc) is 2.73. The number of aromatic nitrogens is 1. The topological polar surface area (TPSA) is 117 Å².